The minimum absolute atomic E-state index is 0.651. The van der Waals surface area contributed by atoms with E-state index in [1.165, 1.54) is 5.56 Å². The molecule has 0 spiro atoms. The van der Waals surface area contributed by atoms with Crippen LogP contribution in [0, 0.1) is 0 Å². The summed E-state index contributed by atoms with van der Waals surface area (Å²) < 4.78 is 0. The number of benzene rings is 2. The fraction of sp³-hybridized carbons (Fsp3) is 0.0625. The van der Waals surface area contributed by atoms with Crippen molar-refractivity contribution in [2.45, 2.75) is 6.54 Å². The van der Waals surface area contributed by atoms with Crippen molar-refractivity contribution in [2.75, 3.05) is 11.1 Å². The smallest absolute Gasteiger partial charge is 0.135 e. The summed E-state index contributed by atoms with van der Waals surface area (Å²) in [5, 5.41) is 5.76. The Labute approximate surface area is 122 Å². The molecule has 0 atom stereocenters. The quantitative estimate of drug-likeness (QED) is 0.712. The molecular formula is C16H14ClN3. The fourth-order valence-electron chi connectivity index (χ4n) is 2.20. The Morgan fingerprint density at radius 3 is 2.65 bits per heavy atom. The van der Waals surface area contributed by atoms with Gasteiger partial charge in [-0.2, -0.15) is 0 Å². The van der Waals surface area contributed by atoms with E-state index in [1.807, 2.05) is 30.3 Å². The zero-order valence-electron chi connectivity index (χ0n) is 10.8. The Kier molecular flexibility index (Phi) is 3.44. The van der Waals surface area contributed by atoms with Crippen molar-refractivity contribution in [1.82, 2.24) is 4.98 Å². The highest BCUT2D eigenvalue weighted by Gasteiger charge is 2.08. The number of hydrogen-bond donors (Lipinski definition) is 2. The van der Waals surface area contributed by atoms with Gasteiger partial charge in [-0.3, -0.25) is 0 Å². The number of pyridine rings is 1. The molecule has 3 rings (SSSR count). The molecular weight excluding hydrogens is 270 g/mol. The number of aromatic nitrogens is 1. The summed E-state index contributed by atoms with van der Waals surface area (Å²) >= 11 is 6.28. The second-order valence-corrected chi connectivity index (χ2v) is 4.97. The van der Waals surface area contributed by atoms with Crippen LogP contribution in [0.1, 0.15) is 5.56 Å². The number of nitrogens with two attached hydrogens (primary N) is 1. The Bertz CT molecular complexity index is 741. The number of nitrogens with one attached hydrogen (secondary N) is 1. The molecule has 20 heavy (non-hydrogen) atoms. The van der Waals surface area contributed by atoms with Gasteiger partial charge in [0, 0.05) is 29.2 Å². The lowest BCUT2D eigenvalue weighted by Gasteiger charge is -2.11. The Morgan fingerprint density at radius 2 is 1.85 bits per heavy atom. The predicted octanol–water partition coefficient (Wildman–Crippen LogP) is 4.08. The maximum atomic E-state index is 6.28. The van der Waals surface area contributed by atoms with Crippen LogP contribution in [-0.2, 0) is 6.54 Å². The average molecular weight is 284 g/mol. The van der Waals surface area contributed by atoms with Crippen LogP contribution in [-0.4, -0.2) is 4.98 Å². The van der Waals surface area contributed by atoms with Gasteiger partial charge in [0.05, 0.1) is 5.02 Å². The number of hydrogen-bond acceptors (Lipinski definition) is 3. The molecule has 0 radical (unpaired) electrons. The van der Waals surface area contributed by atoms with Gasteiger partial charge in [0.25, 0.3) is 0 Å². The standard InChI is InChI=1S/C16H14ClN3/c17-13-6-7-14(18)12-8-9-19-16(15(12)13)20-10-11-4-2-1-3-5-11/h1-9H,10,18H2,(H,19,20). The molecule has 4 heteroatoms. The molecule has 0 aliphatic heterocycles. The zero-order valence-corrected chi connectivity index (χ0v) is 11.6. The molecule has 2 aromatic carbocycles. The predicted molar refractivity (Wildman–Crippen MR) is 84.9 cm³/mol. The molecule has 0 bridgehead atoms. The lowest BCUT2D eigenvalue weighted by Crippen LogP contribution is -2.02. The van der Waals surface area contributed by atoms with Gasteiger partial charge in [0.1, 0.15) is 5.82 Å². The highest BCUT2D eigenvalue weighted by atomic mass is 35.5. The van der Waals surface area contributed by atoms with Gasteiger partial charge >= 0.3 is 0 Å². The van der Waals surface area contributed by atoms with Crippen molar-refractivity contribution in [3.63, 3.8) is 0 Å². The van der Waals surface area contributed by atoms with Crippen LogP contribution < -0.4 is 11.1 Å². The van der Waals surface area contributed by atoms with Crippen molar-refractivity contribution in [3.05, 3.63) is 65.3 Å². The molecule has 3 aromatic rings. The molecule has 0 unspecified atom stereocenters. The Balaban J connectivity index is 1.98. The van der Waals surface area contributed by atoms with E-state index in [-0.39, 0.29) is 0 Å². The highest BCUT2D eigenvalue weighted by Crippen LogP contribution is 2.32. The van der Waals surface area contributed by atoms with Gasteiger partial charge in [-0.25, -0.2) is 4.98 Å². The van der Waals surface area contributed by atoms with Crippen molar-refractivity contribution in [2.24, 2.45) is 0 Å². The van der Waals surface area contributed by atoms with Crippen LogP contribution in [0.25, 0.3) is 10.8 Å². The minimum atomic E-state index is 0.651. The first-order chi connectivity index (χ1) is 9.75. The van der Waals surface area contributed by atoms with E-state index in [4.69, 9.17) is 17.3 Å². The summed E-state index contributed by atoms with van der Waals surface area (Å²) in [5.41, 5.74) is 7.88. The molecule has 1 heterocycles. The van der Waals surface area contributed by atoms with E-state index in [1.54, 1.807) is 12.3 Å². The third-order valence-corrected chi connectivity index (χ3v) is 3.53. The molecule has 0 aliphatic rings. The summed E-state index contributed by atoms with van der Waals surface area (Å²) in [6.45, 7) is 0.693. The highest BCUT2D eigenvalue weighted by molar-refractivity contribution is 6.37. The first-order valence-electron chi connectivity index (χ1n) is 6.36. The lowest BCUT2D eigenvalue weighted by atomic mass is 10.1. The molecule has 3 N–H and O–H groups in total. The molecule has 1 aromatic heterocycles. The van der Waals surface area contributed by atoms with Crippen LogP contribution in [0.3, 0.4) is 0 Å². The van der Waals surface area contributed by atoms with Gasteiger partial charge in [0.2, 0.25) is 0 Å². The normalized spacial score (nSPS) is 10.7. The number of rotatable bonds is 3. The third kappa shape index (κ3) is 2.40. The first-order valence-corrected chi connectivity index (χ1v) is 6.74. The number of nitrogen functional groups attached to an aromatic ring is 1. The largest absolute Gasteiger partial charge is 0.398 e. The second kappa shape index (κ2) is 5.39. The molecule has 0 aliphatic carbocycles. The van der Waals surface area contributed by atoms with Crippen molar-refractivity contribution in [3.8, 4) is 0 Å². The van der Waals surface area contributed by atoms with Crippen LogP contribution in [0.15, 0.2) is 54.7 Å². The fourth-order valence-corrected chi connectivity index (χ4v) is 2.45. The van der Waals surface area contributed by atoms with Gasteiger partial charge in [-0.15, -0.1) is 0 Å². The summed E-state index contributed by atoms with van der Waals surface area (Å²) in [6.07, 6.45) is 1.74. The topological polar surface area (TPSA) is 50.9 Å². The van der Waals surface area contributed by atoms with E-state index in [0.717, 1.165) is 16.6 Å². The van der Waals surface area contributed by atoms with E-state index in [0.29, 0.717) is 17.3 Å². The average Bonchev–Trinajstić information content (AvgIpc) is 2.50. The maximum absolute atomic E-state index is 6.28. The van der Waals surface area contributed by atoms with Crippen LogP contribution in [0.5, 0.6) is 0 Å². The SMILES string of the molecule is Nc1ccc(Cl)c2c(NCc3ccccc3)nccc12. The monoisotopic (exact) mass is 283 g/mol. The molecule has 0 saturated heterocycles. The molecule has 0 saturated carbocycles. The van der Waals surface area contributed by atoms with Gasteiger partial charge in [0.15, 0.2) is 0 Å². The van der Waals surface area contributed by atoms with Crippen LogP contribution in [0.4, 0.5) is 11.5 Å². The Hall–Kier alpha value is -2.26. The van der Waals surface area contributed by atoms with E-state index in [2.05, 4.69) is 22.4 Å². The first kappa shape index (κ1) is 12.8. The molecule has 0 amide bonds. The molecule has 0 fully saturated rings. The maximum Gasteiger partial charge on any atom is 0.135 e. The van der Waals surface area contributed by atoms with E-state index < -0.39 is 0 Å². The second-order valence-electron chi connectivity index (χ2n) is 4.56. The number of fused-ring (bicyclic) bond motifs is 1. The van der Waals surface area contributed by atoms with Gasteiger partial charge in [-0.05, 0) is 23.8 Å². The summed E-state index contributed by atoms with van der Waals surface area (Å²) in [6, 6.07) is 15.6. The lowest BCUT2D eigenvalue weighted by molar-refractivity contribution is 1.12. The van der Waals surface area contributed by atoms with Crippen LogP contribution >= 0.6 is 11.6 Å². The van der Waals surface area contributed by atoms with Gasteiger partial charge < -0.3 is 11.1 Å². The van der Waals surface area contributed by atoms with Gasteiger partial charge in [-0.1, -0.05) is 41.9 Å². The Morgan fingerprint density at radius 1 is 1.05 bits per heavy atom. The molecule has 100 valence electrons. The third-order valence-electron chi connectivity index (χ3n) is 3.21. The minimum Gasteiger partial charge on any atom is -0.398 e. The number of halogens is 1. The zero-order chi connectivity index (χ0) is 13.9. The summed E-state index contributed by atoms with van der Waals surface area (Å²) in [7, 11) is 0. The van der Waals surface area contributed by atoms with Crippen molar-refractivity contribution in [1.29, 1.82) is 0 Å². The number of anilines is 2. The van der Waals surface area contributed by atoms with E-state index in [9.17, 15) is 0 Å². The van der Waals surface area contributed by atoms with Crippen molar-refractivity contribution >= 4 is 33.9 Å². The summed E-state index contributed by atoms with van der Waals surface area (Å²) in [4.78, 5) is 4.37. The van der Waals surface area contributed by atoms with Crippen molar-refractivity contribution < 1.29 is 0 Å². The number of nitrogens with zero attached hydrogens (tertiary/aromatic N) is 1. The van der Waals surface area contributed by atoms with Crippen LogP contribution in [0.2, 0.25) is 5.02 Å². The van der Waals surface area contributed by atoms with E-state index >= 15 is 0 Å². The molecule has 3 nitrogen and oxygen atoms in total. The summed E-state index contributed by atoms with van der Waals surface area (Å²) in [5.74, 6) is 0.753.